The monoisotopic (exact) mass is 430 g/mol. The molecule has 2 saturated heterocycles. The highest BCUT2D eigenvalue weighted by molar-refractivity contribution is 5.81. The van der Waals surface area contributed by atoms with E-state index in [1.165, 1.54) is 5.56 Å². The van der Waals surface area contributed by atoms with Crippen LogP contribution < -0.4 is 15.4 Å². The van der Waals surface area contributed by atoms with Crippen LogP contribution in [0.4, 0.5) is 0 Å². The van der Waals surface area contributed by atoms with Crippen LogP contribution in [-0.2, 0) is 14.9 Å². The quantitative estimate of drug-likeness (QED) is 0.514. The minimum absolute atomic E-state index is 0.00403. The second kappa shape index (κ2) is 10.8. The number of guanidine groups is 1. The Morgan fingerprint density at radius 1 is 1.29 bits per heavy atom. The molecule has 0 bridgehead atoms. The number of aliphatic imine (C=N–C) groups is 1. The third-order valence-corrected chi connectivity index (χ3v) is 6.38. The fourth-order valence-electron chi connectivity index (χ4n) is 4.49. The van der Waals surface area contributed by atoms with Crippen molar-refractivity contribution in [1.82, 2.24) is 15.5 Å². The summed E-state index contributed by atoms with van der Waals surface area (Å²) >= 11 is 0. The third kappa shape index (κ3) is 5.91. The Bertz CT molecular complexity index is 742. The van der Waals surface area contributed by atoms with Gasteiger partial charge in [0.15, 0.2) is 5.96 Å². The largest absolute Gasteiger partial charge is 0.494 e. The molecule has 0 aromatic heterocycles. The summed E-state index contributed by atoms with van der Waals surface area (Å²) in [5.74, 6) is 1.96. The molecule has 1 amide bonds. The number of carbonyl (C=O) groups is 1. The summed E-state index contributed by atoms with van der Waals surface area (Å²) in [6, 6.07) is 8.70. The molecule has 2 aliphatic heterocycles. The van der Waals surface area contributed by atoms with Gasteiger partial charge in [-0.1, -0.05) is 26.0 Å². The normalized spacial score (nSPS) is 21.3. The van der Waals surface area contributed by atoms with Gasteiger partial charge in [-0.25, -0.2) is 0 Å². The van der Waals surface area contributed by atoms with Crippen molar-refractivity contribution >= 4 is 11.9 Å². The number of amides is 1. The Kier molecular flexibility index (Phi) is 8.18. The molecule has 1 unspecified atom stereocenters. The van der Waals surface area contributed by atoms with Crippen LogP contribution >= 0.6 is 0 Å². The molecule has 2 fully saturated rings. The van der Waals surface area contributed by atoms with Gasteiger partial charge < -0.3 is 25.0 Å². The van der Waals surface area contributed by atoms with Crippen molar-refractivity contribution in [2.75, 3.05) is 46.5 Å². The van der Waals surface area contributed by atoms with E-state index in [4.69, 9.17) is 9.47 Å². The topological polar surface area (TPSA) is 75.2 Å². The average Bonchev–Trinajstić information content (AvgIpc) is 3.25. The molecular weight excluding hydrogens is 392 g/mol. The van der Waals surface area contributed by atoms with E-state index in [1.807, 2.05) is 25.7 Å². The van der Waals surface area contributed by atoms with Gasteiger partial charge in [0.05, 0.1) is 6.61 Å². The summed E-state index contributed by atoms with van der Waals surface area (Å²) in [6.45, 7) is 10.4. The fraction of sp³-hybridized carbons (Fsp3) is 0.667. The Morgan fingerprint density at radius 2 is 2.00 bits per heavy atom. The number of benzene rings is 1. The van der Waals surface area contributed by atoms with Gasteiger partial charge in [-0.05, 0) is 43.9 Å². The Labute approximate surface area is 186 Å². The smallest absolute Gasteiger partial charge is 0.225 e. The number of carbonyl (C=O) groups excluding carboxylic acids is 1. The summed E-state index contributed by atoms with van der Waals surface area (Å²) in [5.41, 5.74) is 1.30. The van der Waals surface area contributed by atoms with E-state index < -0.39 is 0 Å². The van der Waals surface area contributed by atoms with Crippen LogP contribution in [0.2, 0.25) is 0 Å². The van der Waals surface area contributed by atoms with Crippen LogP contribution in [0.25, 0.3) is 0 Å². The fourth-order valence-corrected chi connectivity index (χ4v) is 4.49. The number of nitrogens with one attached hydrogen (secondary N) is 2. The van der Waals surface area contributed by atoms with E-state index in [9.17, 15) is 4.79 Å². The second-order valence-electron chi connectivity index (χ2n) is 8.84. The van der Waals surface area contributed by atoms with Crippen molar-refractivity contribution in [3.05, 3.63) is 29.8 Å². The van der Waals surface area contributed by atoms with Gasteiger partial charge in [0, 0.05) is 57.3 Å². The van der Waals surface area contributed by atoms with E-state index >= 15 is 0 Å². The minimum atomic E-state index is -0.00403. The molecule has 2 N–H and O–H groups in total. The van der Waals surface area contributed by atoms with E-state index in [0.29, 0.717) is 6.61 Å². The van der Waals surface area contributed by atoms with Gasteiger partial charge in [-0.15, -0.1) is 0 Å². The lowest BCUT2D eigenvalue weighted by Gasteiger charge is -2.38. The zero-order chi connectivity index (χ0) is 22.3. The summed E-state index contributed by atoms with van der Waals surface area (Å²) < 4.78 is 11.3. The molecule has 0 spiro atoms. The first-order chi connectivity index (χ1) is 15.0. The number of hydrogen-bond acceptors (Lipinski definition) is 4. The zero-order valence-electron chi connectivity index (χ0n) is 19.4. The highest BCUT2D eigenvalue weighted by Crippen LogP contribution is 2.35. The van der Waals surface area contributed by atoms with Gasteiger partial charge >= 0.3 is 0 Å². The lowest BCUT2D eigenvalue weighted by molar-refractivity contribution is -0.133. The molecule has 1 aromatic rings. The van der Waals surface area contributed by atoms with E-state index in [2.05, 4.69) is 39.9 Å². The summed E-state index contributed by atoms with van der Waals surface area (Å²) in [5, 5.41) is 7.08. The van der Waals surface area contributed by atoms with Gasteiger partial charge in [0.1, 0.15) is 5.75 Å². The van der Waals surface area contributed by atoms with Gasteiger partial charge in [-0.2, -0.15) is 0 Å². The molecule has 0 radical (unpaired) electrons. The van der Waals surface area contributed by atoms with E-state index in [1.54, 1.807) is 7.05 Å². The van der Waals surface area contributed by atoms with Crippen molar-refractivity contribution in [3.8, 4) is 5.75 Å². The van der Waals surface area contributed by atoms with Crippen molar-refractivity contribution < 1.29 is 14.3 Å². The summed E-state index contributed by atoms with van der Waals surface area (Å²) in [6.07, 6.45) is 2.87. The van der Waals surface area contributed by atoms with Crippen molar-refractivity contribution in [2.24, 2.45) is 10.9 Å². The SMILES string of the molecule is CCOc1ccc(C2(CNC(=NC)NC3CCN(C(=O)C(C)C)C3)CCOCC2)cc1. The Morgan fingerprint density at radius 3 is 2.61 bits per heavy atom. The van der Waals surface area contributed by atoms with Crippen molar-refractivity contribution in [1.29, 1.82) is 0 Å². The summed E-state index contributed by atoms with van der Waals surface area (Å²) in [4.78, 5) is 18.7. The molecular formula is C24H38N4O3. The zero-order valence-corrected chi connectivity index (χ0v) is 19.4. The Hall–Kier alpha value is -2.28. The molecule has 0 saturated carbocycles. The molecule has 2 aliphatic rings. The molecule has 172 valence electrons. The lowest BCUT2D eigenvalue weighted by atomic mass is 9.74. The van der Waals surface area contributed by atoms with Crippen LogP contribution in [0.3, 0.4) is 0 Å². The maximum atomic E-state index is 12.3. The number of ether oxygens (including phenoxy) is 2. The van der Waals surface area contributed by atoms with Gasteiger partial charge in [0.2, 0.25) is 5.91 Å². The number of likely N-dealkylation sites (tertiary alicyclic amines) is 1. The average molecular weight is 431 g/mol. The van der Waals surface area contributed by atoms with Gasteiger partial charge in [-0.3, -0.25) is 9.79 Å². The first-order valence-corrected chi connectivity index (χ1v) is 11.5. The standard InChI is InChI=1S/C24H38N4O3/c1-5-31-21-8-6-19(7-9-21)24(11-14-30-15-12-24)17-26-23(25-4)27-20-10-13-28(16-20)22(29)18(2)3/h6-9,18,20H,5,10-17H2,1-4H3,(H2,25,26,27). The van der Waals surface area contributed by atoms with Crippen molar-refractivity contribution in [3.63, 3.8) is 0 Å². The number of hydrogen-bond donors (Lipinski definition) is 2. The Balaban J connectivity index is 1.62. The second-order valence-corrected chi connectivity index (χ2v) is 8.84. The molecule has 2 heterocycles. The molecule has 0 aliphatic carbocycles. The van der Waals surface area contributed by atoms with E-state index in [0.717, 1.165) is 63.8 Å². The molecule has 1 aromatic carbocycles. The minimum Gasteiger partial charge on any atom is -0.494 e. The molecule has 1 atom stereocenters. The number of rotatable bonds is 7. The van der Waals surface area contributed by atoms with Crippen LogP contribution in [0, 0.1) is 5.92 Å². The lowest BCUT2D eigenvalue weighted by Crippen LogP contribution is -2.50. The molecule has 31 heavy (non-hydrogen) atoms. The van der Waals surface area contributed by atoms with E-state index in [-0.39, 0.29) is 23.3 Å². The highest BCUT2D eigenvalue weighted by Gasteiger charge is 2.35. The van der Waals surface area contributed by atoms with Crippen LogP contribution in [0.15, 0.2) is 29.3 Å². The first-order valence-electron chi connectivity index (χ1n) is 11.5. The van der Waals surface area contributed by atoms with Crippen LogP contribution in [0.1, 0.15) is 45.6 Å². The van der Waals surface area contributed by atoms with Gasteiger partial charge in [0.25, 0.3) is 0 Å². The van der Waals surface area contributed by atoms with Crippen LogP contribution in [-0.4, -0.2) is 69.3 Å². The van der Waals surface area contributed by atoms with Crippen LogP contribution in [0.5, 0.6) is 5.75 Å². The predicted molar refractivity (Wildman–Crippen MR) is 124 cm³/mol. The first kappa shape index (κ1) is 23.4. The third-order valence-electron chi connectivity index (χ3n) is 6.38. The van der Waals surface area contributed by atoms with Crippen molar-refractivity contribution in [2.45, 2.75) is 51.5 Å². The molecule has 3 rings (SSSR count). The highest BCUT2D eigenvalue weighted by atomic mass is 16.5. The summed E-state index contributed by atoms with van der Waals surface area (Å²) in [7, 11) is 1.80. The molecule has 7 heteroatoms. The molecule has 7 nitrogen and oxygen atoms in total. The maximum Gasteiger partial charge on any atom is 0.225 e. The number of nitrogens with zero attached hydrogens (tertiary/aromatic N) is 2. The predicted octanol–water partition coefficient (Wildman–Crippen LogP) is 2.56. The maximum absolute atomic E-state index is 12.3.